The van der Waals surface area contributed by atoms with Gasteiger partial charge in [0.2, 0.25) is 0 Å². The Kier molecular flexibility index (Phi) is 3.26. The first-order chi connectivity index (χ1) is 7.65. The van der Waals surface area contributed by atoms with Crippen molar-refractivity contribution in [3.8, 4) is 11.5 Å². The van der Waals surface area contributed by atoms with E-state index in [-0.39, 0.29) is 12.5 Å². The Bertz CT molecular complexity index is 404. The van der Waals surface area contributed by atoms with E-state index in [1.165, 1.54) is 0 Å². The minimum atomic E-state index is -0.00542. The maximum absolute atomic E-state index is 9.27. The number of halogens is 1. The van der Waals surface area contributed by atoms with Crippen LogP contribution < -0.4 is 9.47 Å². The minimum absolute atomic E-state index is 0.00542. The van der Waals surface area contributed by atoms with Crippen LogP contribution in [0.5, 0.6) is 11.5 Å². The molecule has 1 aromatic carbocycles. The Hall–Kier alpha value is -0.930. The van der Waals surface area contributed by atoms with Crippen molar-refractivity contribution in [3.63, 3.8) is 0 Å². The summed E-state index contributed by atoms with van der Waals surface area (Å²) in [5.74, 6) is 1.40. The fraction of sp³-hybridized carbons (Fsp3) is 0.500. The number of aliphatic hydroxyl groups excluding tert-OH is 1. The van der Waals surface area contributed by atoms with E-state index >= 15 is 0 Å². The molecule has 0 radical (unpaired) electrons. The van der Waals surface area contributed by atoms with E-state index in [0.717, 1.165) is 16.9 Å². The van der Waals surface area contributed by atoms with Crippen LogP contribution in [0.25, 0.3) is 0 Å². The van der Waals surface area contributed by atoms with Gasteiger partial charge >= 0.3 is 0 Å². The quantitative estimate of drug-likeness (QED) is 0.866. The van der Waals surface area contributed by atoms with Gasteiger partial charge in [-0.15, -0.1) is 0 Å². The van der Waals surface area contributed by atoms with E-state index in [1.807, 2.05) is 13.8 Å². The molecule has 88 valence electrons. The number of benzene rings is 1. The van der Waals surface area contributed by atoms with E-state index in [4.69, 9.17) is 21.1 Å². The molecular weight excluding hydrogens is 228 g/mol. The average Bonchev–Trinajstić information content (AvgIpc) is 2.30. The van der Waals surface area contributed by atoms with Crippen LogP contribution in [0.15, 0.2) is 6.07 Å². The minimum Gasteiger partial charge on any atom is -0.486 e. The van der Waals surface area contributed by atoms with Crippen molar-refractivity contribution < 1.29 is 14.6 Å². The molecule has 1 heterocycles. The van der Waals surface area contributed by atoms with Crippen LogP contribution in [-0.2, 0) is 0 Å². The lowest BCUT2D eigenvalue weighted by atomic mass is 9.95. The first kappa shape index (κ1) is 11.6. The highest BCUT2D eigenvalue weighted by Crippen LogP contribution is 2.42. The van der Waals surface area contributed by atoms with Crippen LogP contribution in [0.4, 0.5) is 0 Å². The Morgan fingerprint density at radius 2 is 2.12 bits per heavy atom. The standard InChI is InChI=1S/C12H15ClO3/c1-7(6-14)11-8(2)9(13)5-10-12(11)16-4-3-15-10/h5,7,14H,3-4,6H2,1-2H3. The molecule has 0 aromatic heterocycles. The highest BCUT2D eigenvalue weighted by molar-refractivity contribution is 6.31. The van der Waals surface area contributed by atoms with Gasteiger partial charge in [-0.2, -0.15) is 0 Å². The van der Waals surface area contributed by atoms with Crippen molar-refractivity contribution in [2.75, 3.05) is 19.8 Å². The summed E-state index contributed by atoms with van der Waals surface area (Å²) in [6.45, 7) is 5.02. The van der Waals surface area contributed by atoms with Crippen molar-refractivity contribution in [2.45, 2.75) is 19.8 Å². The first-order valence-corrected chi connectivity index (χ1v) is 5.72. The molecule has 4 heteroatoms. The molecule has 3 nitrogen and oxygen atoms in total. The zero-order chi connectivity index (χ0) is 11.7. The van der Waals surface area contributed by atoms with E-state index in [0.29, 0.717) is 24.0 Å². The lowest BCUT2D eigenvalue weighted by Gasteiger charge is -2.25. The van der Waals surface area contributed by atoms with Gasteiger partial charge in [-0.05, 0) is 12.5 Å². The van der Waals surface area contributed by atoms with Crippen molar-refractivity contribution in [1.29, 1.82) is 0 Å². The summed E-state index contributed by atoms with van der Waals surface area (Å²) >= 11 is 6.13. The number of ether oxygens (including phenoxy) is 2. The molecule has 0 bridgehead atoms. The number of rotatable bonds is 2. The zero-order valence-electron chi connectivity index (χ0n) is 9.42. The number of hydrogen-bond donors (Lipinski definition) is 1. The fourth-order valence-electron chi connectivity index (χ4n) is 1.96. The summed E-state index contributed by atoms with van der Waals surface area (Å²) in [4.78, 5) is 0. The van der Waals surface area contributed by atoms with E-state index < -0.39 is 0 Å². The second kappa shape index (κ2) is 4.52. The summed E-state index contributed by atoms with van der Waals surface area (Å²) in [7, 11) is 0. The fourth-order valence-corrected chi connectivity index (χ4v) is 2.16. The Morgan fingerprint density at radius 3 is 2.81 bits per heavy atom. The van der Waals surface area contributed by atoms with Crippen molar-refractivity contribution in [3.05, 3.63) is 22.2 Å². The van der Waals surface area contributed by atoms with Gasteiger partial charge < -0.3 is 14.6 Å². The molecule has 0 saturated heterocycles. The molecule has 1 unspecified atom stereocenters. The molecule has 1 aliphatic heterocycles. The van der Waals surface area contributed by atoms with Crippen molar-refractivity contribution in [2.24, 2.45) is 0 Å². The van der Waals surface area contributed by atoms with Gasteiger partial charge in [0.05, 0.1) is 0 Å². The summed E-state index contributed by atoms with van der Waals surface area (Å²) in [6.07, 6.45) is 0. The summed E-state index contributed by atoms with van der Waals surface area (Å²) < 4.78 is 11.1. The normalized spacial score (nSPS) is 16.0. The number of fused-ring (bicyclic) bond motifs is 1. The van der Waals surface area contributed by atoms with Crippen molar-refractivity contribution in [1.82, 2.24) is 0 Å². The number of hydrogen-bond acceptors (Lipinski definition) is 3. The molecule has 1 aliphatic rings. The molecule has 0 fully saturated rings. The van der Waals surface area contributed by atoms with Gasteiger partial charge in [-0.25, -0.2) is 0 Å². The third-order valence-corrected chi connectivity index (χ3v) is 3.24. The topological polar surface area (TPSA) is 38.7 Å². The van der Waals surface area contributed by atoms with Crippen molar-refractivity contribution >= 4 is 11.6 Å². The molecule has 16 heavy (non-hydrogen) atoms. The van der Waals surface area contributed by atoms with Crippen LogP contribution in [0.1, 0.15) is 24.0 Å². The maximum Gasteiger partial charge on any atom is 0.165 e. The van der Waals surface area contributed by atoms with Gasteiger partial charge in [0.1, 0.15) is 13.2 Å². The predicted molar refractivity (Wildman–Crippen MR) is 62.7 cm³/mol. The third-order valence-electron chi connectivity index (χ3n) is 2.84. The third kappa shape index (κ3) is 1.85. The van der Waals surface area contributed by atoms with E-state index in [2.05, 4.69) is 0 Å². The first-order valence-electron chi connectivity index (χ1n) is 5.34. The zero-order valence-corrected chi connectivity index (χ0v) is 10.2. The Labute approximate surface area is 99.9 Å². The SMILES string of the molecule is Cc1c(Cl)cc2c(c1C(C)CO)OCCO2. The second-order valence-corrected chi connectivity index (χ2v) is 4.41. The van der Waals surface area contributed by atoms with Gasteiger partial charge in [-0.1, -0.05) is 18.5 Å². The molecule has 1 N–H and O–H groups in total. The molecule has 1 atom stereocenters. The lowest BCUT2D eigenvalue weighted by Crippen LogP contribution is -2.18. The smallest absolute Gasteiger partial charge is 0.165 e. The largest absolute Gasteiger partial charge is 0.486 e. The summed E-state index contributed by atoms with van der Waals surface area (Å²) in [5.41, 5.74) is 1.90. The van der Waals surface area contributed by atoms with Crippen LogP contribution in [0.3, 0.4) is 0 Å². The predicted octanol–water partition coefficient (Wildman–Crippen LogP) is 2.52. The average molecular weight is 243 g/mol. The van der Waals surface area contributed by atoms with Crippen LogP contribution in [-0.4, -0.2) is 24.9 Å². The van der Waals surface area contributed by atoms with Gasteiger partial charge in [0.15, 0.2) is 11.5 Å². The molecule has 1 aromatic rings. The van der Waals surface area contributed by atoms with Crippen LogP contribution >= 0.6 is 11.6 Å². The molecule has 2 rings (SSSR count). The van der Waals surface area contributed by atoms with E-state index in [9.17, 15) is 5.11 Å². The summed E-state index contributed by atoms with van der Waals surface area (Å²) in [6, 6.07) is 1.78. The molecular formula is C12H15ClO3. The second-order valence-electron chi connectivity index (χ2n) is 4.00. The van der Waals surface area contributed by atoms with Crippen LogP contribution in [0.2, 0.25) is 5.02 Å². The van der Waals surface area contributed by atoms with Gasteiger partial charge in [0.25, 0.3) is 0 Å². The van der Waals surface area contributed by atoms with Gasteiger partial charge in [0, 0.05) is 29.2 Å². The highest BCUT2D eigenvalue weighted by atomic mass is 35.5. The molecule has 0 saturated carbocycles. The lowest BCUT2D eigenvalue weighted by molar-refractivity contribution is 0.167. The number of aliphatic hydroxyl groups is 1. The summed E-state index contributed by atoms with van der Waals surface area (Å²) in [5, 5.41) is 9.92. The molecule has 0 amide bonds. The molecule has 0 aliphatic carbocycles. The van der Waals surface area contributed by atoms with E-state index in [1.54, 1.807) is 6.07 Å². The monoisotopic (exact) mass is 242 g/mol. The van der Waals surface area contributed by atoms with Crippen LogP contribution in [0, 0.1) is 6.92 Å². The highest BCUT2D eigenvalue weighted by Gasteiger charge is 2.23. The Balaban J connectivity index is 2.59. The maximum atomic E-state index is 9.27. The Morgan fingerprint density at radius 1 is 1.44 bits per heavy atom. The van der Waals surface area contributed by atoms with Gasteiger partial charge in [-0.3, -0.25) is 0 Å². The molecule has 0 spiro atoms.